The Kier molecular flexibility index (Phi) is 5.51. The number of nitrogens with one attached hydrogen (secondary N) is 1. The molecule has 0 aliphatic heterocycles. The van der Waals surface area contributed by atoms with Crippen LogP contribution in [-0.4, -0.2) is 49.7 Å². The van der Waals surface area contributed by atoms with Gasteiger partial charge < -0.3 is 20.7 Å². The molecule has 16 heavy (non-hydrogen) atoms. The van der Waals surface area contributed by atoms with Gasteiger partial charge in [-0.3, -0.25) is 0 Å². The summed E-state index contributed by atoms with van der Waals surface area (Å²) in [5, 5.41) is 4.30. The minimum absolute atomic E-state index is 0.612. The van der Waals surface area contributed by atoms with Crippen LogP contribution in [0.5, 0.6) is 0 Å². The second kappa shape index (κ2) is 6.67. The fourth-order valence-corrected chi connectivity index (χ4v) is 1.83. The van der Waals surface area contributed by atoms with Gasteiger partial charge in [0.2, 0.25) is 0 Å². The summed E-state index contributed by atoms with van der Waals surface area (Å²) in [6.07, 6.45) is 0. The van der Waals surface area contributed by atoms with Crippen molar-refractivity contribution in [1.82, 2.24) is 9.27 Å². The second-order valence-electron chi connectivity index (χ2n) is 3.86. The van der Waals surface area contributed by atoms with Gasteiger partial charge in [-0.25, -0.2) is 0 Å². The molecule has 1 aromatic heterocycles. The molecule has 0 unspecified atom stereocenters. The molecule has 0 bridgehead atoms. The van der Waals surface area contributed by atoms with Crippen molar-refractivity contribution in [2.75, 3.05) is 51.4 Å². The summed E-state index contributed by atoms with van der Waals surface area (Å²) in [7, 11) is 4.07. The van der Waals surface area contributed by atoms with Gasteiger partial charge in [-0.15, -0.1) is 0 Å². The van der Waals surface area contributed by atoms with Crippen molar-refractivity contribution in [2.45, 2.75) is 6.92 Å². The van der Waals surface area contributed by atoms with E-state index in [9.17, 15) is 0 Å². The van der Waals surface area contributed by atoms with Crippen LogP contribution in [0.4, 0.5) is 10.8 Å². The SMILES string of the molecule is Cc1c(N)nsc1NCCOCCN(C)C. The normalized spacial score (nSPS) is 11.0. The number of nitrogens with zero attached hydrogens (tertiary/aromatic N) is 2. The number of aromatic nitrogens is 1. The van der Waals surface area contributed by atoms with Crippen LogP contribution in [0.2, 0.25) is 0 Å². The Labute approximate surface area is 101 Å². The van der Waals surface area contributed by atoms with E-state index in [4.69, 9.17) is 10.5 Å². The van der Waals surface area contributed by atoms with Gasteiger partial charge in [-0.05, 0) is 32.6 Å². The fraction of sp³-hybridized carbons (Fsp3) is 0.700. The summed E-state index contributed by atoms with van der Waals surface area (Å²) in [4.78, 5) is 2.10. The van der Waals surface area contributed by atoms with Crippen molar-refractivity contribution < 1.29 is 4.74 Å². The highest BCUT2D eigenvalue weighted by Gasteiger charge is 2.04. The molecule has 0 saturated carbocycles. The molecule has 92 valence electrons. The van der Waals surface area contributed by atoms with Crippen molar-refractivity contribution in [3.8, 4) is 0 Å². The second-order valence-corrected chi connectivity index (χ2v) is 4.64. The molecule has 1 rings (SSSR count). The van der Waals surface area contributed by atoms with Crippen LogP contribution in [0.25, 0.3) is 0 Å². The molecule has 0 aliphatic carbocycles. The minimum atomic E-state index is 0.612. The summed E-state index contributed by atoms with van der Waals surface area (Å²) < 4.78 is 9.53. The molecule has 1 heterocycles. The Hall–Kier alpha value is -0.850. The van der Waals surface area contributed by atoms with E-state index in [1.54, 1.807) is 0 Å². The predicted octanol–water partition coefficient (Wildman–Crippen LogP) is 1.02. The summed E-state index contributed by atoms with van der Waals surface area (Å²) in [5.74, 6) is 0.612. The number of nitrogens with two attached hydrogens (primary N) is 1. The van der Waals surface area contributed by atoms with Crippen molar-refractivity contribution in [2.24, 2.45) is 0 Å². The molecule has 0 saturated heterocycles. The van der Waals surface area contributed by atoms with Crippen LogP contribution in [0.15, 0.2) is 0 Å². The molecule has 0 aromatic carbocycles. The van der Waals surface area contributed by atoms with Gasteiger partial charge in [0.15, 0.2) is 0 Å². The monoisotopic (exact) mass is 244 g/mol. The molecular weight excluding hydrogens is 224 g/mol. The van der Waals surface area contributed by atoms with E-state index in [1.807, 2.05) is 21.0 Å². The quantitative estimate of drug-likeness (QED) is 0.701. The molecule has 0 spiro atoms. The third-order valence-corrected chi connectivity index (χ3v) is 3.10. The van der Waals surface area contributed by atoms with Crippen LogP contribution >= 0.6 is 11.5 Å². The number of likely N-dealkylation sites (N-methyl/N-ethyl adjacent to an activating group) is 1. The third-order valence-electron chi connectivity index (χ3n) is 2.17. The first-order valence-corrected chi connectivity index (χ1v) is 6.06. The molecule has 3 N–H and O–H groups in total. The highest BCUT2D eigenvalue weighted by atomic mass is 32.1. The van der Waals surface area contributed by atoms with Crippen LogP contribution in [0.3, 0.4) is 0 Å². The van der Waals surface area contributed by atoms with E-state index in [-0.39, 0.29) is 0 Å². The highest BCUT2D eigenvalue weighted by molar-refractivity contribution is 7.10. The first kappa shape index (κ1) is 13.2. The summed E-state index contributed by atoms with van der Waals surface area (Å²) >= 11 is 1.39. The number of anilines is 2. The molecule has 1 aromatic rings. The Bertz CT molecular complexity index is 314. The Balaban J connectivity index is 2.10. The number of rotatable bonds is 7. The molecule has 0 fully saturated rings. The van der Waals surface area contributed by atoms with E-state index >= 15 is 0 Å². The van der Waals surface area contributed by atoms with Crippen LogP contribution in [0.1, 0.15) is 5.56 Å². The van der Waals surface area contributed by atoms with Crippen molar-refractivity contribution >= 4 is 22.4 Å². The topological polar surface area (TPSA) is 63.4 Å². The largest absolute Gasteiger partial charge is 0.383 e. The molecule has 6 heteroatoms. The van der Waals surface area contributed by atoms with Crippen molar-refractivity contribution in [3.05, 3.63) is 5.56 Å². The van der Waals surface area contributed by atoms with Gasteiger partial charge in [0.05, 0.1) is 13.2 Å². The highest BCUT2D eigenvalue weighted by Crippen LogP contribution is 2.24. The maximum atomic E-state index is 5.65. The first-order chi connectivity index (χ1) is 7.61. The van der Waals surface area contributed by atoms with Gasteiger partial charge >= 0.3 is 0 Å². The van der Waals surface area contributed by atoms with E-state index in [0.717, 1.165) is 30.3 Å². The summed E-state index contributed by atoms with van der Waals surface area (Å²) in [5.41, 5.74) is 6.67. The van der Waals surface area contributed by atoms with E-state index in [1.165, 1.54) is 11.5 Å². The van der Waals surface area contributed by atoms with E-state index < -0.39 is 0 Å². The lowest BCUT2D eigenvalue weighted by Crippen LogP contribution is -2.19. The fourth-order valence-electron chi connectivity index (χ4n) is 1.10. The Morgan fingerprint density at radius 1 is 1.44 bits per heavy atom. The van der Waals surface area contributed by atoms with Gasteiger partial charge in [0, 0.05) is 18.7 Å². The van der Waals surface area contributed by atoms with Crippen LogP contribution < -0.4 is 11.1 Å². The average molecular weight is 244 g/mol. The van der Waals surface area contributed by atoms with Crippen molar-refractivity contribution in [1.29, 1.82) is 0 Å². The molecule has 5 nitrogen and oxygen atoms in total. The Morgan fingerprint density at radius 2 is 2.19 bits per heavy atom. The zero-order chi connectivity index (χ0) is 12.0. The summed E-state index contributed by atoms with van der Waals surface area (Å²) in [6, 6.07) is 0. The lowest BCUT2D eigenvalue weighted by molar-refractivity contribution is 0.126. The maximum Gasteiger partial charge on any atom is 0.142 e. The summed E-state index contributed by atoms with van der Waals surface area (Å²) in [6.45, 7) is 5.17. The van der Waals surface area contributed by atoms with Crippen molar-refractivity contribution in [3.63, 3.8) is 0 Å². The maximum absolute atomic E-state index is 5.65. The number of ether oxygens (including phenoxy) is 1. The van der Waals surface area contributed by atoms with Gasteiger partial charge in [-0.2, -0.15) is 4.37 Å². The lowest BCUT2D eigenvalue weighted by atomic mass is 10.3. The minimum Gasteiger partial charge on any atom is -0.383 e. The van der Waals surface area contributed by atoms with Gasteiger partial charge in [0.25, 0.3) is 0 Å². The standard InChI is InChI=1S/C10H20N4OS/c1-8-9(11)13-16-10(8)12-4-6-15-7-5-14(2)3/h12H,4-7H2,1-3H3,(H2,11,13). The van der Waals surface area contributed by atoms with E-state index in [2.05, 4.69) is 14.6 Å². The molecule has 0 atom stereocenters. The van der Waals surface area contributed by atoms with E-state index in [0.29, 0.717) is 12.4 Å². The van der Waals surface area contributed by atoms with Crippen LogP contribution in [-0.2, 0) is 4.74 Å². The average Bonchev–Trinajstić information content (AvgIpc) is 2.54. The Morgan fingerprint density at radius 3 is 2.75 bits per heavy atom. The lowest BCUT2D eigenvalue weighted by Gasteiger charge is -2.10. The van der Waals surface area contributed by atoms with Crippen LogP contribution in [0, 0.1) is 6.92 Å². The molecule has 0 radical (unpaired) electrons. The smallest absolute Gasteiger partial charge is 0.142 e. The zero-order valence-electron chi connectivity index (χ0n) is 10.1. The molecular formula is C10H20N4OS. The zero-order valence-corrected chi connectivity index (χ0v) is 10.9. The molecule has 0 aliphatic rings. The number of hydrogen-bond acceptors (Lipinski definition) is 6. The molecule has 0 amide bonds. The number of nitrogen functional groups attached to an aromatic ring is 1. The van der Waals surface area contributed by atoms with Gasteiger partial charge in [0.1, 0.15) is 10.8 Å². The number of hydrogen-bond donors (Lipinski definition) is 2. The first-order valence-electron chi connectivity index (χ1n) is 5.29. The van der Waals surface area contributed by atoms with Gasteiger partial charge in [-0.1, -0.05) is 0 Å². The predicted molar refractivity (Wildman–Crippen MR) is 69.1 cm³/mol. The third kappa shape index (κ3) is 4.34.